The number of anilines is 2. The molecule has 2 aromatic carbocycles. The van der Waals surface area contributed by atoms with Gasteiger partial charge in [-0.2, -0.15) is 0 Å². The number of nitrogens with zero attached hydrogens (tertiary/aromatic N) is 1. The second-order valence-electron chi connectivity index (χ2n) is 6.22. The molecule has 0 bridgehead atoms. The van der Waals surface area contributed by atoms with E-state index in [9.17, 15) is 13.2 Å². The van der Waals surface area contributed by atoms with Crippen LogP contribution in [0.2, 0.25) is 0 Å². The van der Waals surface area contributed by atoms with Crippen molar-refractivity contribution in [3.8, 4) is 5.75 Å². The van der Waals surface area contributed by atoms with Crippen molar-refractivity contribution in [1.29, 1.82) is 0 Å². The molecule has 1 amide bonds. The molecule has 6 nitrogen and oxygen atoms in total. The Kier molecular flexibility index (Phi) is 6.85. The Hall–Kier alpha value is -2.54. The number of benzene rings is 2. The molecule has 0 heterocycles. The van der Waals surface area contributed by atoms with Crippen molar-refractivity contribution in [2.75, 3.05) is 23.0 Å². The highest BCUT2D eigenvalue weighted by atomic mass is 32.2. The van der Waals surface area contributed by atoms with Crippen LogP contribution in [0, 0.1) is 0 Å². The van der Waals surface area contributed by atoms with E-state index in [1.54, 1.807) is 31.2 Å². The fourth-order valence-electron chi connectivity index (χ4n) is 2.86. The maximum Gasteiger partial charge on any atom is 0.248 e. The second kappa shape index (κ2) is 8.90. The van der Waals surface area contributed by atoms with Gasteiger partial charge in [0.1, 0.15) is 11.8 Å². The lowest BCUT2D eigenvalue weighted by atomic mass is 10.1. The summed E-state index contributed by atoms with van der Waals surface area (Å²) < 4.78 is 31.3. The lowest BCUT2D eigenvalue weighted by Gasteiger charge is -2.30. The molecular formula is C20H26N2O4S. The van der Waals surface area contributed by atoms with E-state index in [1.165, 1.54) is 7.11 Å². The minimum Gasteiger partial charge on any atom is -0.497 e. The summed E-state index contributed by atoms with van der Waals surface area (Å²) in [7, 11) is -2.18. The van der Waals surface area contributed by atoms with Crippen molar-refractivity contribution in [1.82, 2.24) is 0 Å². The number of rotatable bonds is 8. The van der Waals surface area contributed by atoms with E-state index in [4.69, 9.17) is 4.74 Å². The Morgan fingerprint density at radius 2 is 1.81 bits per heavy atom. The number of carbonyl (C=O) groups excluding carboxylic acids is 1. The maximum atomic E-state index is 12.9. The highest BCUT2D eigenvalue weighted by Crippen LogP contribution is 2.27. The molecule has 146 valence electrons. The van der Waals surface area contributed by atoms with Crippen LogP contribution in [0.3, 0.4) is 0 Å². The van der Waals surface area contributed by atoms with Crippen LogP contribution < -0.4 is 14.4 Å². The van der Waals surface area contributed by atoms with Gasteiger partial charge in [0.2, 0.25) is 15.9 Å². The average Bonchev–Trinajstić information content (AvgIpc) is 2.65. The number of aryl methyl sites for hydroxylation is 1. The van der Waals surface area contributed by atoms with Gasteiger partial charge in [-0.15, -0.1) is 0 Å². The van der Waals surface area contributed by atoms with Gasteiger partial charge >= 0.3 is 0 Å². The molecule has 1 N–H and O–H groups in total. The molecule has 7 heteroatoms. The van der Waals surface area contributed by atoms with Gasteiger partial charge in [0, 0.05) is 11.8 Å². The Balaban J connectivity index is 2.34. The third-order valence-corrected chi connectivity index (χ3v) is 5.45. The van der Waals surface area contributed by atoms with E-state index < -0.39 is 16.1 Å². The molecule has 27 heavy (non-hydrogen) atoms. The quantitative estimate of drug-likeness (QED) is 0.749. The predicted molar refractivity (Wildman–Crippen MR) is 109 cm³/mol. The van der Waals surface area contributed by atoms with Gasteiger partial charge in [0.15, 0.2) is 0 Å². The molecular weight excluding hydrogens is 364 g/mol. The molecule has 0 aliphatic heterocycles. The number of nitrogens with one attached hydrogen (secondary N) is 1. The van der Waals surface area contributed by atoms with E-state index in [-0.39, 0.29) is 5.91 Å². The Labute approximate surface area is 161 Å². The van der Waals surface area contributed by atoms with Crippen LogP contribution in [0.4, 0.5) is 11.4 Å². The molecule has 0 spiro atoms. The number of hydrogen-bond acceptors (Lipinski definition) is 4. The van der Waals surface area contributed by atoms with Crippen LogP contribution in [-0.4, -0.2) is 33.7 Å². The SMILES string of the molecule is CCc1ccc(NC(=O)[C@H](CC)N(c2cccc(OC)c2)S(C)(=O)=O)cc1. The van der Waals surface area contributed by atoms with Crippen LogP contribution >= 0.6 is 0 Å². The molecule has 2 rings (SSSR count). The third kappa shape index (κ3) is 5.23. The van der Waals surface area contributed by atoms with Crippen LogP contribution in [-0.2, 0) is 21.2 Å². The van der Waals surface area contributed by atoms with Crippen molar-refractivity contribution in [2.45, 2.75) is 32.7 Å². The van der Waals surface area contributed by atoms with Gasteiger partial charge in [0.05, 0.1) is 19.1 Å². The maximum absolute atomic E-state index is 12.9. The van der Waals surface area contributed by atoms with Crippen molar-refractivity contribution in [2.24, 2.45) is 0 Å². The van der Waals surface area contributed by atoms with Crippen molar-refractivity contribution in [3.05, 3.63) is 54.1 Å². The van der Waals surface area contributed by atoms with E-state index in [0.29, 0.717) is 23.5 Å². The molecule has 0 aliphatic rings. The first-order valence-corrected chi connectivity index (χ1v) is 10.7. The van der Waals surface area contributed by atoms with Crippen LogP contribution in [0.1, 0.15) is 25.8 Å². The van der Waals surface area contributed by atoms with Crippen molar-refractivity contribution in [3.63, 3.8) is 0 Å². The molecule has 0 saturated heterocycles. The number of hydrogen-bond donors (Lipinski definition) is 1. The summed E-state index contributed by atoms with van der Waals surface area (Å²) >= 11 is 0. The molecule has 2 aromatic rings. The first-order valence-electron chi connectivity index (χ1n) is 8.83. The number of carbonyl (C=O) groups is 1. The van der Waals surface area contributed by atoms with E-state index in [0.717, 1.165) is 22.5 Å². The van der Waals surface area contributed by atoms with Crippen molar-refractivity contribution < 1.29 is 17.9 Å². The molecule has 0 fully saturated rings. The lowest BCUT2D eigenvalue weighted by Crippen LogP contribution is -2.47. The highest BCUT2D eigenvalue weighted by molar-refractivity contribution is 7.92. The molecule has 0 aliphatic carbocycles. The minimum atomic E-state index is -3.69. The first-order chi connectivity index (χ1) is 12.8. The standard InChI is InChI=1S/C20H26N2O4S/c1-5-15-10-12-16(13-11-15)21-20(23)19(6-2)22(27(4,24)25)17-8-7-9-18(14-17)26-3/h7-14,19H,5-6H2,1-4H3,(H,21,23)/t19-/m0/s1. The van der Waals surface area contributed by atoms with Crippen LogP contribution in [0.15, 0.2) is 48.5 Å². The topological polar surface area (TPSA) is 75.7 Å². The molecule has 0 saturated carbocycles. The summed E-state index contributed by atoms with van der Waals surface area (Å²) in [6.07, 6.45) is 2.32. The van der Waals surface area contributed by atoms with Crippen LogP contribution in [0.25, 0.3) is 0 Å². The number of ether oxygens (including phenoxy) is 1. The Morgan fingerprint density at radius 1 is 1.15 bits per heavy atom. The minimum absolute atomic E-state index is 0.323. The summed E-state index contributed by atoms with van der Waals surface area (Å²) in [5, 5.41) is 2.82. The van der Waals surface area contributed by atoms with Gasteiger partial charge in [-0.05, 0) is 42.7 Å². The largest absolute Gasteiger partial charge is 0.497 e. The third-order valence-electron chi connectivity index (χ3n) is 4.27. The smallest absolute Gasteiger partial charge is 0.248 e. The Bertz CT molecular complexity index is 879. The Morgan fingerprint density at radius 3 is 2.33 bits per heavy atom. The monoisotopic (exact) mass is 390 g/mol. The predicted octanol–water partition coefficient (Wildman–Crippen LogP) is 3.44. The molecule has 0 unspecified atom stereocenters. The fourth-order valence-corrected chi connectivity index (χ4v) is 4.06. The van der Waals surface area contributed by atoms with Gasteiger partial charge in [0.25, 0.3) is 0 Å². The second-order valence-corrected chi connectivity index (χ2v) is 8.08. The zero-order valence-electron chi connectivity index (χ0n) is 16.1. The normalized spacial score (nSPS) is 12.3. The summed E-state index contributed by atoms with van der Waals surface area (Å²) in [5.41, 5.74) is 2.18. The van der Waals surface area contributed by atoms with E-state index >= 15 is 0 Å². The highest BCUT2D eigenvalue weighted by Gasteiger charge is 2.31. The summed E-state index contributed by atoms with van der Waals surface area (Å²) in [4.78, 5) is 12.9. The zero-order chi connectivity index (χ0) is 20.0. The van der Waals surface area contributed by atoms with E-state index in [1.807, 2.05) is 24.3 Å². The summed E-state index contributed by atoms with van der Waals surface area (Å²) in [5.74, 6) is 0.140. The fraction of sp³-hybridized carbons (Fsp3) is 0.350. The molecule has 0 aromatic heterocycles. The molecule has 1 atom stereocenters. The summed E-state index contributed by atoms with van der Waals surface area (Å²) in [6, 6.07) is 13.3. The average molecular weight is 391 g/mol. The number of sulfonamides is 1. The first kappa shape index (κ1) is 20.8. The van der Waals surface area contributed by atoms with Gasteiger partial charge < -0.3 is 10.1 Å². The number of amides is 1. The van der Waals surface area contributed by atoms with Crippen molar-refractivity contribution >= 4 is 27.3 Å². The van der Waals surface area contributed by atoms with Crippen LogP contribution in [0.5, 0.6) is 5.75 Å². The van der Waals surface area contributed by atoms with E-state index in [2.05, 4.69) is 12.2 Å². The molecule has 0 radical (unpaired) electrons. The summed E-state index contributed by atoms with van der Waals surface area (Å²) in [6.45, 7) is 3.83. The zero-order valence-corrected chi connectivity index (χ0v) is 16.9. The van der Waals surface area contributed by atoms with Gasteiger partial charge in [-0.3, -0.25) is 9.10 Å². The lowest BCUT2D eigenvalue weighted by molar-refractivity contribution is -0.117. The van der Waals surface area contributed by atoms with Gasteiger partial charge in [-0.25, -0.2) is 8.42 Å². The van der Waals surface area contributed by atoms with Gasteiger partial charge in [-0.1, -0.05) is 32.0 Å². The number of methoxy groups -OCH3 is 1.